The third kappa shape index (κ3) is 6.36. The predicted octanol–water partition coefficient (Wildman–Crippen LogP) is 4.90. The van der Waals surface area contributed by atoms with Gasteiger partial charge in [-0.3, -0.25) is 9.59 Å². The summed E-state index contributed by atoms with van der Waals surface area (Å²) >= 11 is 0. The van der Waals surface area contributed by atoms with E-state index in [1.54, 1.807) is 42.5 Å². The molecule has 0 atom stereocenters. The van der Waals surface area contributed by atoms with Crippen LogP contribution in [0.15, 0.2) is 72.4 Å². The summed E-state index contributed by atoms with van der Waals surface area (Å²) in [5, 5.41) is 5.29. The van der Waals surface area contributed by atoms with E-state index in [4.69, 9.17) is 9.47 Å². The molecule has 0 radical (unpaired) electrons. The minimum Gasteiger partial charge on any atom is -0.490 e. The molecule has 3 aromatic rings. The van der Waals surface area contributed by atoms with E-state index in [2.05, 4.69) is 10.6 Å². The van der Waals surface area contributed by atoms with Crippen LogP contribution in [0.25, 0.3) is 6.08 Å². The molecule has 8 nitrogen and oxygen atoms in total. The molecule has 4 amide bonds. The van der Waals surface area contributed by atoms with Gasteiger partial charge >= 0.3 is 6.03 Å². The second-order valence-electron chi connectivity index (χ2n) is 8.50. The fraction of sp³-hybridized carbons (Fsp3) is 0.207. The lowest BCUT2D eigenvalue weighted by atomic mass is 10.1. The number of nitrogens with one attached hydrogen (secondary N) is 2. The number of nitrogens with zero attached hydrogens (tertiary/aromatic N) is 1. The van der Waals surface area contributed by atoms with Crippen molar-refractivity contribution < 1.29 is 28.2 Å². The van der Waals surface area contributed by atoms with E-state index in [9.17, 15) is 18.8 Å². The third-order valence-corrected chi connectivity index (χ3v) is 5.80. The summed E-state index contributed by atoms with van der Waals surface area (Å²) in [4.78, 5) is 38.8. The molecule has 0 aliphatic carbocycles. The molecule has 4 rings (SSSR count). The summed E-state index contributed by atoms with van der Waals surface area (Å²) in [6, 6.07) is 17.8. The van der Waals surface area contributed by atoms with E-state index >= 15 is 0 Å². The van der Waals surface area contributed by atoms with E-state index in [0.29, 0.717) is 34.9 Å². The number of halogens is 1. The van der Waals surface area contributed by atoms with Crippen LogP contribution in [0.5, 0.6) is 11.5 Å². The van der Waals surface area contributed by atoms with Crippen molar-refractivity contribution in [2.24, 2.45) is 0 Å². The van der Waals surface area contributed by atoms with Crippen molar-refractivity contribution in [2.75, 3.05) is 18.5 Å². The number of rotatable bonds is 10. The van der Waals surface area contributed by atoms with E-state index in [1.807, 2.05) is 26.0 Å². The van der Waals surface area contributed by atoms with Gasteiger partial charge in [-0.25, -0.2) is 14.1 Å². The Balaban J connectivity index is 1.45. The highest BCUT2D eigenvalue weighted by molar-refractivity contribution is 6.16. The summed E-state index contributed by atoms with van der Waals surface area (Å²) in [5.74, 6) is -0.558. The Hall–Kier alpha value is -4.66. The molecule has 0 bridgehead atoms. The molecule has 38 heavy (non-hydrogen) atoms. The normalized spacial score (nSPS) is 14.0. The van der Waals surface area contributed by atoms with E-state index in [1.165, 1.54) is 18.2 Å². The number of ether oxygens (including phenoxy) is 2. The fourth-order valence-corrected chi connectivity index (χ4v) is 3.96. The molecule has 1 heterocycles. The second-order valence-corrected chi connectivity index (χ2v) is 8.50. The minimum absolute atomic E-state index is 0.0348. The van der Waals surface area contributed by atoms with Crippen LogP contribution in [0.3, 0.4) is 0 Å². The number of carbonyl (C=O) groups excluding carboxylic acids is 3. The Morgan fingerprint density at radius 3 is 2.58 bits per heavy atom. The van der Waals surface area contributed by atoms with Crippen molar-refractivity contribution in [2.45, 2.75) is 26.9 Å². The molecule has 0 saturated carbocycles. The van der Waals surface area contributed by atoms with Gasteiger partial charge in [0, 0.05) is 5.69 Å². The van der Waals surface area contributed by atoms with Gasteiger partial charge in [0.05, 0.1) is 6.61 Å². The van der Waals surface area contributed by atoms with E-state index < -0.39 is 24.4 Å². The number of hydrogen-bond donors (Lipinski definition) is 2. The predicted molar refractivity (Wildman–Crippen MR) is 141 cm³/mol. The summed E-state index contributed by atoms with van der Waals surface area (Å²) in [7, 11) is 0. The summed E-state index contributed by atoms with van der Waals surface area (Å²) in [6.45, 7) is 3.89. The van der Waals surface area contributed by atoms with Crippen LogP contribution in [-0.4, -0.2) is 35.9 Å². The number of aryl methyl sites for hydroxylation is 1. The molecule has 0 aromatic heterocycles. The lowest BCUT2D eigenvalue weighted by molar-refractivity contribution is -0.127. The second kappa shape index (κ2) is 12.1. The number of urea groups is 1. The molecule has 0 spiro atoms. The fourth-order valence-electron chi connectivity index (χ4n) is 3.96. The lowest BCUT2D eigenvalue weighted by Crippen LogP contribution is -2.38. The maximum atomic E-state index is 13.5. The molecule has 196 valence electrons. The number of hydrogen-bond acceptors (Lipinski definition) is 5. The molecular formula is C29H28FN3O5. The molecule has 1 fully saturated rings. The van der Waals surface area contributed by atoms with Crippen molar-refractivity contribution in [1.82, 2.24) is 10.2 Å². The van der Waals surface area contributed by atoms with E-state index in [-0.39, 0.29) is 18.1 Å². The highest BCUT2D eigenvalue weighted by atomic mass is 19.1. The standard InChI is InChI=1S/C29H28FN3O5/c1-3-21-9-5-6-11-23(21)31-27(34)17-33-28(35)24(32-29(33)36)15-19-12-13-25(26(16-19)37-4-2)38-18-20-8-7-10-22(30)14-20/h5-16H,3-4,17-18H2,1-2H3,(H,31,34)(H,32,36)/b24-15+. The minimum atomic E-state index is -0.680. The number of anilines is 1. The van der Waals surface area contributed by atoms with Crippen LogP contribution in [0.4, 0.5) is 14.9 Å². The zero-order valence-corrected chi connectivity index (χ0v) is 21.1. The van der Waals surface area contributed by atoms with Crippen LogP contribution in [0.2, 0.25) is 0 Å². The topological polar surface area (TPSA) is 97.0 Å². The molecular weight excluding hydrogens is 489 g/mol. The molecule has 1 aliphatic heterocycles. The number of carbonyl (C=O) groups is 3. The largest absolute Gasteiger partial charge is 0.490 e. The van der Waals surface area contributed by atoms with Gasteiger partial charge in [-0.1, -0.05) is 43.3 Å². The Morgan fingerprint density at radius 1 is 1.00 bits per heavy atom. The van der Waals surface area contributed by atoms with Gasteiger partial charge in [-0.05, 0) is 66.4 Å². The Morgan fingerprint density at radius 2 is 1.82 bits per heavy atom. The summed E-state index contributed by atoms with van der Waals surface area (Å²) in [6.07, 6.45) is 2.23. The first-order valence-corrected chi connectivity index (χ1v) is 12.2. The van der Waals surface area contributed by atoms with Crippen LogP contribution in [0.1, 0.15) is 30.5 Å². The van der Waals surface area contributed by atoms with Crippen LogP contribution in [-0.2, 0) is 22.6 Å². The highest BCUT2D eigenvalue weighted by Gasteiger charge is 2.35. The smallest absolute Gasteiger partial charge is 0.329 e. The van der Waals surface area contributed by atoms with Crippen LogP contribution >= 0.6 is 0 Å². The first kappa shape index (κ1) is 26.4. The van der Waals surface area contributed by atoms with Gasteiger partial charge in [-0.15, -0.1) is 0 Å². The maximum absolute atomic E-state index is 13.5. The zero-order valence-electron chi connectivity index (χ0n) is 21.1. The number of para-hydroxylation sites is 1. The average molecular weight is 518 g/mol. The van der Waals surface area contributed by atoms with Gasteiger partial charge in [0.25, 0.3) is 5.91 Å². The monoisotopic (exact) mass is 517 g/mol. The van der Waals surface area contributed by atoms with Crippen LogP contribution in [0, 0.1) is 5.82 Å². The van der Waals surface area contributed by atoms with Gasteiger partial charge < -0.3 is 20.1 Å². The van der Waals surface area contributed by atoms with Gasteiger partial charge in [0.15, 0.2) is 11.5 Å². The van der Waals surface area contributed by atoms with Gasteiger partial charge in [0.1, 0.15) is 24.7 Å². The van der Waals surface area contributed by atoms with Crippen molar-refractivity contribution >= 4 is 29.6 Å². The first-order chi connectivity index (χ1) is 18.4. The third-order valence-electron chi connectivity index (χ3n) is 5.80. The molecule has 9 heteroatoms. The van der Waals surface area contributed by atoms with Crippen molar-refractivity contribution in [3.63, 3.8) is 0 Å². The van der Waals surface area contributed by atoms with E-state index in [0.717, 1.165) is 16.9 Å². The Kier molecular flexibility index (Phi) is 8.37. The first-order valence-electron chi connectivity index (χ1n) is 12.2. The number of amides is 4. The average Bonchev–Trinajstić information content (AvgIpc) is 3.16. The SMILES string of the molecule is CCOc1cc(/C=C2/NC(=O)N(CC(=O)Nc3ccccc3CC)C2=O)ccc1OCc1cccc(F)c1. The summed E-state index contributed by atoms with van der Waals surface area (Å²) in [5.41, 5.74) is 2.88. The molecule has 2 N–H and O–H groups in total. The maximum Gasteiger partial charge on any atom is 0.329 e. The van der Waals surface area contributed by atoms with Gasteiger partial charge in [0.2, 0.25) is 5.91 Å². The lowest BCUT2D eigenvalue weighted by Gasteiger charge is -2.14. The van der Waals surface area contributed by atoms with Gasteiger partial charge in [-0.2, -0.15) is 0 Å². The molecule has 3 aromatic carbocycles. The number of benzene rings is 3. The molecule has 1 saturated heterocycles. The highest BCUT2D eigenvalue weighted by Crippen LogP contribution is 2.30. The van der Waals surface area contributed by atoms with Crippen molar-refractivity contribution in [3.05, 3.63) is 94.9 Å². The molecule has 0 unspecified atom stereocenters. The number of imide groups is 1. The van der Waals surface area contributed by atoms with Crippen molar-refractivity contribution in [1.29, 1.82) is 0 Å². The quantitative estimate of drug-likeness (QED) is 0.295. The van der Waals surface area contributed by atoms with Crippen LogP contribution < -0.4 is 20.1 Å². The Bertz CT molecular complexity index is 1390. The van der Waals surface area contributed by atoms with Crippen molar-refractivity contribution in [3.8, 4) is 11.5 Å². The zero-order chi connectivity index (χ0) is 27.1. The summed E-state index contributed by atoms with van der Waals surface area (Å²) < 4.78 is 25.0. The molecule has 1 aliphatic rings. The Labute approximate surface area is 220 Å².